The molecule has 6 heteroatoms. The molecule has 0 radical (unpaired) electrons. The minimum Gasteiger partial charge on any atom is -0.449 e. The second-order valence-corrected chi connectivity index (χ2v) is 7.33. The van der Waals surface area contributed by atoms with Crippen molar-refractivity contribution in [2.75, 3.05) is 18.9 Å². The van der Waals surface area contributed by atoms with Crippen molar-refractivity contribution in [1.29, 1.82) is 0 Å². The van der Waals surface area contributed by atoms with Crippen molar-refractivity contribution in [3.63, 3.8) is 0 Å². The van der Waals surface area contributed by atoms with E-state index >= 15 is 0 Å². The van der Waals surface area contributed by atoms with Gasteiger partial charge in [-0.25, -0.2) is 13.6 Å². The molecule has 0 aromatic heterocycles. The lowest BCUT2D eigenvalue weighted by atomic mass is 9.98. The highest BCUT2D eigenvalue weighted by Crippen LogP contribution is 2.44. The fraction of sp³-hybridized carbons (Fsp3) is 0.160. The Hall–Kier alpha value is -3.67. The highest BCUT2D eigenvalue weighted by Gasteiger charge is 2.28. The molecule has 1 aliphatic rings. The molecule has 4 rings (SSSR count). The van der Waals surface area contributed by atoms with Gasteiger partial charge in [0, 0.05) is 29.8 Å². The first-order chi connectivity index (χ1) is 15.0. The lowest BCUT2D eigenvalue weighted by Gasteiger charge is -2.14. The molecular weight excluding hydrogens is 398 g/mol. The number of anilines is 1. The van der Waals surface area contributed by atoms with Crippen molar-refractivity contribution >= 4 is 17.9 Å². The third-order valence-electron chi connectivity index (χ3n) is 5.33. The fourth-order valence-electron chi connectivity index (χ4n) is 3.89. The van der Waals surface area contributed by atoms with Crippen LogP contribution in [-0.4, -0.2) is 19.2 Å². The standard InChI is InChI=1S/C25H22F2N2O2/c26-16-13-23(27)21(24(28)14-16)11-5-6-12-29-25(30)31-15-22-19-9-3-1-7-17(19)18-8-2-4-10-20(18)22/h1-5,7-11,13-14,22H,6,12,15,28H2,(H,29,30). The van der Waals surface area contributed by atoms with E-state index in [2.05, 4.69) is 29.6 Å². The SMILES string of the molecule is Nc1cc(F)cc(F)c1C=CCCNC(=O)OCC1c2ccccc2-c2ccccc21. The molecule has 3 N–H and O–H groups in total. The molecule has 3 aromatic rings. The van der Waals surface area contributed by atoms with Gasteiger partial charge in [0.25, 0.3) is 0 Å². The number of rotatable bonds is 6. The van der Waals surface area contributed by atoms with E-state index in [0.717, 1.165) is 23.3 Å². The Morgan fingerprint density at radius 2 is 1.68 bits per heavy atom. The fourth-order valence-corrected chi connectivity index (χ4v) is 3.89. The van der Waals surface area contributed by atoms with E-state index in [1.54, 1.807) is 6.08 Å². The highest BCUT2D eigenvalue weighted by atomic mass is 19.1. The maximum atomic E-state index is 13.7. The minimum absolute atomic E-state index is 0.00229. The summed E-state index contributed by atoms with van der Waals surface area (Å²) in [6, 6.07) is 18.1. The number of benzene rings is 3. The van der Waals surface area contributed by atoms with Crippen LogP contribution in [0.5, 0.6) is 0 Å². The zero-order chi connectivity index (χ0) is 21.8. The van der Waals surface area contributed by atoms with Gasteiger partial charge in [-0.1, -0.05) is 60.7 Å². The normalized spacial score (nSPS) is 12.6. The quantitative estimate of drug-likeness (QED) is 0.409. The third-order valence-corrected chi connectivity index (χ3v) is 5.33. The van der Waals surface area contributed by atoms with Gasteiger partial charge in [-0.05, 0) is 34.7 Å². The number of nitrogens with one attached hydrogen (secondary N) is 1. The molecule has 0 unspecified atom stereocenters. The topological polar surface area (TPSA) is 64.3 Å². The summed E-state index contributed by atoms with van der Waals surface area (Å²) in [7, 11) is 0. The van der Waals surface area contributed by atoms with Crippen molar-refractivity contribution in [3.8, 4) is 11.1 Å². The van der Waals surface area contributed by atoms with Crippen LogP contribution < -0.4 is 11.1 Å². The number of halogens is 2. The van der Waals surface area contributed by atoms with Gasteiger partial charge in [0.15, 0.2) is 0 Å². The zero-order valence-electron chi connectivity index (χ0n) is 16.8. The summed E-state index contributed by atoms with van der Waals surface area (Å²) in [5.41, 5.74) is 10.4. The van der Waals surface area contributed by atoms with E-state index in [1.807, 2.05) is 24.3 Å². The molecule has 0 fully saturated rings. The second-order valence-electron chi connectivity index (χ2n) is 7.33. The van der Waals surface area contributed by atoms with Crippen molar-refractivity contribution in [2.24, 2.45) is 0 Å². The molecule has 1 aliphatic carbocycles. The molecule has 3 aromatic carbocycles. The summed E-state index contributed by atoms with van der Waals surface area (Å²) in [6.07, 6.45) is 3.07. The van der Waals surface area contributed by atoms with Crippen LogP contribution in [0.1, 0.15) is 29.0 Å². The average molecular weight is 420 g/mol. The van der Waals surface area contributed by atoms with Gasteiger partial charge in [-0.3, -0.25) is 0 Å². The molecule has 0 saturated carbocycles. The lowest BCUT2D eigenvalue weighted by molar-refractivity contribution is 0.143. The van der Waals surface area contributed by atoms with E-state index in [4.69, 9.17) is 10.5 Å². The number of hydrogen-bond donors (Lipinski definition) is 2. The van der Waals surface area contributed by atoms with E-state index in [-0.39, 0.29) is 23.8 Å². The Morgan fingerprint density at radius 3 is 2.32 bits per heavy atom. The van der Waals surface area contributed by atoms with Crippen LogP contribution >= 0.6 is 0 Å². The number of carbonyl (C=O) groups is 1. The van der Waals surface area contributed by atoms with Gasteiger partial charge >= 0.3 is 6.09 Å². The van der Waals surface area contributed by atoms with Crippen LogP contribution in [0.25, 0.3) is 17.2 Å². The molecule has 0 saturated heterocycles. The van der Waals surface area contributed by atoms with Gasteiger partial charge in [0.05, 0.1) is 0 Å². The van der Waals surface area contributed by atoms with Crippen LogP contribution in [0.4, 0.5) is 19.3 Å². The van der Waals surface area contributed by atoms with Gasteiger partial charge in [0.2, 0.25) is 0 Å². The Kier molecular flexibility index (Phi) is 5.98. The summed E-state index contributed by atoms with van der Waals surface area (Å²) < 4.78 is 32.3. The highest BCUT2D eigenvalue weighted by molar-refractivity contribution is 5.79. The number of nitrogen functional groups attached to an aromatic ring is 1. The van der Waals surface area contributed by atoms with E-state index in [1.165, 1.54) is 17.2 Å². The number of ether oxygens (including phenoxy) is 1. The van der Waals surface area contributed by atoms with Crippen molar-refractivity contribution in [1.82, 2.24) is 5.32 Å². The van der Waals surface area contributed by atoms with Gasteiger partial charge in [-0.15, -0.1) is 0 Å². The van der Waals surface area contributed by atoms with E-state index in [0.29, 0.717) is 13.0 Å². The summed E-state index contributed by atoms with van der Waals surface area (Å²) in [5.74, 6) is -1.44. The Balaban J connectivity index is 1.29. The van der Waals surface area contributed by atoms with Gasteiger partial charge in [-0.2, -0.15) is 0 Å². The summed E-state index contributed by atoms with van der Waals surface area (Å²) in [5, 5.41) is 2.68. The van der Waals surface area contributed by atoms with Crippen molar-refractivity contribution in [3.05, 3.63) is 95.1 Å². The monoisotopic (exact) mass is 420 g/mol. The molecule has 0 spiro atoms. The third kappa shape index (κ3) is 4.43. The molecular formula is C25H22F2N2O2. The van der Waals surface area contributed by atoms with E-state index in [9.17, 15) is 13.6 Å². The van der Waals surface area contributed by atoms with Gasteiger partial charge in [0.1, 0.15) is 18.2 Å². The summed E-state index contributed by atoms with van der Waals surface area (Å²) in [4.78, 5) is 12.1. The van der Waals surface area contributed by atoms with Crippen molar-refractivity contribution in [2.45, 2.75) is 12.3 Å². The first kappa shape index (κ1) is 20.6. The van der Waals surface area contributed by atoms with Gasteiger partial charge < -0.3 is 15.8 Å². The van der Waals surface area contributed by atoms with Crippen molar-refractivity contribution < 1.29 is 18.3 Å². The predicted molar refractivity (Wildman–Crippen MR) is 117 cm³/mol. The molecule has 0 aliphatic heterocycles. The average Bonchev–Trinajstić information content (AvgIpc) is 3.07. The van der Waals surface area contributed by atoms with Crippen LogP contribution in [0.3, 0.4) is 0 Å². The number of alkyl carbamates (subject to hydrolysis) is 1. The molecule has 31 heavy (non-hydrogen) atoms. The summed E-state index contributed by atoms with van der Waals surface area (Å²) in [6.45, 7) is 0.558. The first-order valence-corrected chi connectivity index (χ1v) is 10.0. The first-order valence-electron chi connectivity index (χ1n) is 10.0. The molecule has 1 amide bonds. The van der Waals surface area contributed by atoms with E-state index < -0.39 is 17.7 Å². The maximum absolute atomic E-state index is 13.7. The van der Waals surface area contributed by atoms with Crippen LogP contribution in [0.15, 0.2) is 66.7 Å². The Bertz CT molecular complexity index is 1080. The molecule has 0 heterocycles. The van der Waals surface area contributed by atoms with Crippen LogP contribution in [-0.2, 0) is 4.74 Å². The molecule has 0 bridgehead atoms. The zero-order valence-corrected chi connectivity index (χ0v) is 16.8. The second kappa shape index (κ2) is 9.00. The largest absolute Gasteiger partial charge is 0.449 e. The Morgan fingerprint density at radius 1 is 1.03 bits per heavy atom. The van der Waals surface area contributed by atoms with Crippen LogP contribution in [0.2, 0.25) is 0 Å². The summed E-state index contributed by atoms with van der Waals surface area (Å²) >= 11 is 0. The smallest absolute Gasteiger partial charge is 0.407 e. The minimum atomic E-state index is -0.724. The number of fused-ring (bicyclic) bond motifs is 3. The molecule has 4 nitrogen and oxygen atoms in total. The number of amides is 1. The van der Waals surface area contributed by atoms with Crippen LogP contribution in [0, 0.1) is 11.6 Å². The predicted octanol–water partition coefficient (Wildman–Crippen LogP) is 5.49. The number of hydrogen-bond acceptors (Lipinski definition) is 3. The number of carbonyl (C=O) groups excluding carboxylic acids is 1. The molecule has 158 valence electrons. The lowest BCUT2D eigenvalue weighted by Crippen LogP contribution is -2.26. The maximum Gasteiger partial charge on any atom is 0.407 e. The molecule has 0 atom stereocenters. The Labute approximate surface area is 179 Å². The number of nitrogens with two attached hydrogens (primary N) is 1.